The second kappa shape index (κ2) is 5.04. The normalized spacial score (nSPS) is 10.2. The van der Waals surface area contributed by atoms with Gasteiger partial charge in [0.15, 0.2) is 0 Å². The molecule has 0 saturated heterocycles. The maximum Gasteiger partial charge on any atom is 0.130 e. The molecule has 0 N–H and O–H groups in total. The summed E-state index contributed by atoms with van der Waals surface area (Å²) in [5, 5.41) is 4.65. The number of rotatable bonds is 3. The summed E-state index contributed by atoms with van der Waals surface area (Å²) in [5.74, 6) is 0.900. The molecule has 0 radical (unpaired) electrons. The molecular weight excluding hydrogens is 236 g/mol. The molecule has 0 aliphatic rings. The van der Waals surface area contributed by atoms with Crippen LogP contribution in [0.4, 0.5) is 5.82 Å². The number of halogens is 1. The Morgan fingerprint density at radius 3 is 2.94 bits per heavy atom. The Bertz CT molecular complexity index is 603. The number of aryl methyl sites for hydroxylation is 2. The Kier molecular flexibility index (Phi) is 3.47. The minimum absolute atomic E-state index is 0.421. The monoisotopic (exact) mass is 246 g/mol. The number of hydrogen-bond acceptors (Lipinski definition) is 2. The van der Waals surface area contributed by atoms with Gasteiger partial charge in [0.25, 0.3) is 0 Å². The Morgan fingerprint density at radius 1 is 1.41 bits per heavy atom. The van der Waals surface area contributed by atoms with Gasteiger partial charge in [-0.05, 0) is 47.8 Å². The summed E-state index contributed by atoms with van der Waals surface area (Å²) in [4.78, 5) is 7.14. The van der Waals surface area contributed by atoms with Crippen molar-refractivity contribution in [2.75, 3.05) is 5.88 Å². The van der Waals surface area contributed by atoms with E-state index in [2.05, 4.69) is 21.1 Å². The number of pyridine rings is 1. The van der Waals surface area contributed by atoms with E-state index in [1.807, 2.05) is 25.1 Å². The molecule has 0 fully saturated rings. The highest BCUT2D eigenvalue weighted by molar-refractivity contribution is 6.18. The van der Waals surface area contributed by atoms with Crippen LogP contribution in [-0.2, 0) is 6.42 Å². The zero-order valence-corrected chi connectivity index (χ0v) is 10.1. The van der Waals surface area contributed by atoms with Crippen LogP contribution in [0, 0.1) is 6.92 Å². The fraction of sp³-hybridized carbons (Fsp3) is 0.250. The Balaban J connectivity index is 2.67. The van der Waals surface area contributed by atoms with Crippen molar-refractivity contribution in [3.05, 3.63) is 45.8 Å². The highest BCUT2D eigenvalue weighted by atomic mass is 35.5. The van der Waals surface area contributed by atoms with Crippen LogP contribution < -0.4 is 0 Å². The van der Waals surface area contributed by atoms with E-state index in [0.717, 1.165) is 16.5 Å². The van der Waals surface area contributed by atoms with E-state index in [-0.39, 0.29) is 0 Å². The smallest absolute Gasteiger partial charge is 0.130 e. The quantitative estimate of drug-likeness (QED) is 0.345. The SMILES string of the molecule is Cc1ccc2nc(N=[N+]=[N-])c(CCCl)cc2c1. The summed E-state index contributed by atoms with van der Waals surface area (Å²) in [6.07, 6.45) is 0.646. The van der Waals surface area contributed by atoms with E-state index in [4.69, 9.17) is 17.1 Å². The van der Waals surface area contributed by atoms with Crippen molar-refractivity contribution >= 4 is 28.3 Å². The largest absolute Gasteiger partial charge is 0.246 e. The average Bonchev–Trinajstić information content (AvgIpc) is 2.31. The van der Waals surface area contributed by atoms with Gasteiger partial charge in [0.1, 0.15) is 5.82 Å². The standard InChI is InChI=1S/C12H11ClN4/c1-8-2-3-11-10(6-8)7-9(4-5-13)12(15-11)16-17-14/h2-3,6-7H,4-5H2,1H3. The fourth-order valence-electron chi connectivity index (χ4n) is 1.74. The predicted octanol–water partition coefficient (Wildman–Crippen LogP) is 4.27. The third-order valence-electron chi connectivity index (χ3n) is 2.53. The summed E-state index contributed by atoms with van der Waals surface area (Å²) in [6.45, 7) is 2.03. The van der Waals surface area contributed by atoms with Gasteiger partial charge >= 0.3 is 0 Å². The molecule has 0 amide bonds. The zero-order chi connectivity index (χ0) is 12.3. The Labute approximate surface area is 104 Å². The molecule has 0 spiro atoms. The average molecular weight is 247 g/mol. The van der Waals surface area contributed by atoms with Gasteiger partial charge in [-0.1, -0.05) is 11.6 Å². The van der Waals surface area contributed by atoms with Crippen molar-refractivity contribution in [1.29, 1.82) is 0 Å². The fourth-order valence-corrected chi connectivity index (χ4v) is 1.95. The molecule has 17 heavy (non-hydrogen) atoms. The van der Waals surface area contributed by atoms with Crippen LogP contribution in [0.25, 0.3) is 21.3 Å². The second-order valence-electron chi connectivity index (χ2n) is 3.80. The lowest BCUT2D eigenvalue weighted by atomic mass is 10.1. The molecule has 5 heteroatoms. The third kappa shape index (κ3) is 2.49. The lowest BCUT2D eigenvalue weighted by Crippen LogP contribution is -1.91. The number of alkyl halides is 1. The number of azide groups is 1. The van der Waals surface area contributed by atoms with Crippen molar-refractivity contribution in [2.45, 2.75) is 13.3 Å². The molecule has 0 aliphatic heterocycles. The van der Waals surface area contributed by atoms with Gasteiger partial charge in [-0.3, -0.25) is 0 Å². The van der Waals surface area contributed by atoms with Crippen LogP contribution in [0.1, 0.15) is 11.1 Å². The summed E-state index contributed by atoms with van der Waals surface area (Å²) in [5.41, 5.74) is 11.4. The first-order valence-corrected chi connectivity index (χ1v) is 5.79. The van der Waals surface area contributed by atoms with E-state index in [9.17, 15) is 0 Å². The van der Waals surface area contributed by atoms with Gasteiger partial charge < -0.3 is 0 Å². The number of nitrogens with zero attached hydrogens (tertiary/aromatic N) is 4. The first-order chi connectivity index (χ1) is 8.24. The molecule has 2 aromatic rings. The van der Waals surface area contributed by atoms with E-state index in [1.165, 1.54) is 5.56 Å². The first kappa shape index (κ1) is 11.7. The predicted molar refractivity (Wildman–Crippen MR) is 69.7 cm³/mol. The summed E-state index contributed by atoms with van der Waals surface area (Å²) in [6, 6.07) is 7.95. The van der Waals surface area contributed by atoms with Crippen LogP contribution in [0.15, 0.2) is 29.4 Å². The minimum atomic E-state index is 0.421. The second-order valence-corrected chi connectivity index (χ2v) is 4.17. The highest BCUT2D eigenvalue weighted by Gasteiger charge is 2.05. The Hall–Kier alpha value is -1.77. The van der Waals surface area contributed by atoms with E-state index in [0.29, 0.717) is 18.1 Å². The van der Waals surface area contributed by atoms with Crippen LogP contribution in [-0.4, -0.2) is 10.9 Å². The van der Waals surface area contributed by atoms with Crippen molar-refractivity contribution in [3.63, 3.8) is 0 Å². The van der Waals surface area contributed by atoms with Crippen LogP contribution >= 0.6 is 11.6 Å². The van der Waals surface area contributed by atoms with Crippen molar-refractivity contribution in [2.24, 2.45) is 5.11 Å². The van der Waals surface area contributed by atoms with Crippen LogP contribution in [0.5, 0.6) is 0 Å². The third-order valence-corrected chi connectivity index (χ3v) is 2.72. The molecule has 0 saturated carbocycles. The lowest BCUT2D eigenvalue weighted by Gasteiger charge is -2.06. The molecule has 0 bridgehead atoms. The summed E-state index contributed by atoms with van der Waals surface area (Å²) < 4.78 is 0. The molecule has 0 unspecified atom stereocenters. The number of fused-ring (bicyclic) bond motifs is 1. The maximum atomic E-state index is 8.51. The van der Waals surface area contributed by atoms with Gasteiger partial charge in [-0.25, -0.2) is 4.98 Å². The lowest BCUT2D eigenvalue weighted by molar-refractivity contribution is 1.11. The molecule has 1 heterocycles. The number of hydrogen-bond donors (Lipinski definition) is 0. The zero-order valence-electron chi connectivity index (χ0n) is 9.39. The number of benzene rings is 1. The van der Waals surface area contributed by atoms with Crippen LogP contribution in [0.3, 0.4) is 0 Å². The van der Waals surface area contributed by atoms with E-state index >= 15 is 0 Å². The van der Waals surface area contributed by atoms with Crippen molar-refractivity contribution in [3.8, 4) is 0 Å². The Morgan fingerprint density at radius 2 is 2.24 bits per heavy atom. The first-order valence-electron chi connectivity index (χ1n) is 5.26. The molecule has 0 aliphatic carbocycles. The van der Waals surface area contributed by atoms with Gasteiger partial charge in [-0.15, -0.1) is 11.6 Å². The molecule has 4 nitrogen and oxygen atoms in total. The van der Waals surface area contributed by atoms with Crippen LogP contribution in [0.2, 0.25) is 0 Å². The molecule has 0 atom stereocenters. The molecule has 2 rings (SSSR count). The maximum absolute atomic E-state index is 8.51. The van der Waals surface area contributed by atoms with Gasteiger partial charge in [0.05, 0.1) is 5.52 Å². The molecule has 86 valence electrons. The molecule has 1 aromatic carbocycles. The van der Waals surface area contributed by atoms with E-state index in [1.54, 1.807) is 0 Å². The highest BCUT2D eigenvalue weighted by Crippen LogP contribution is 2.24. The summed E-state index contributed by atoms with van der Waals surface area (Å²) in [7, 11) is 0. The number of aromatic nitrogens is 1. The van der Waals surface area contributed by atoms with Crippen molar-refractivity contribution < 1.29 is 0 Å². The van der Waals surface area contributed by atoms with Gasteiger partial charge in [-0.2, -0.15) is 0 Å². The minimum Gasteiger partial charge on any atom is -0.246 e. The topological polar surface area (TPSA) is 61.7 Å². The summed E-state index contributed by atoms with van der Waals surface area (Å²) >= 11 is 5.73. The molecular formula is C12H11ClN4. The van der Waals surface area contributed by atoms with Gasteiger partial charge in [0, 0.05) is 16.2 Å². The van der Waals surface area contributed by atoms with E-state index < -0.39 is 0 Å². The van der Waals surface area contributed by atoms with Crippen molar-refractivity contribution in [1.82, 2.24) is 4.98 Å². The molecule has 1 aromatic heterocycles. The van der Waals surface area contributed by atoms with Gasteiger partial charge in [0.2, 0.25) is 0 Å².